The van der Waals surface area contributed by atoms with E-state index in [2.05, 4.69) is 32.3 Å². The largest absolute Gasteiger partial charge is 0.325 e. The van der Waals surface area contributed by atoms with Crippen molar-refractivity contribution in [3.8, 4) is 0 Å². The van der Waals surface area contributed by atoms with Gasteiger partial charge in [-0.15, -0.1) is 0 Å². The topological polar surface area (TPSA) is 38.4 Å². The second-order valence-electron chi connectivity index (χ2n) is 5.26. The van der Waals surface area contributed by atoms with Crippen molar-refractivity contribution in [2.45, 2.75) is 58.0 Å². The second-order valence-corrected chi connectivity index (χ2v) is 5.26. The molecule has 1 heterocycles. The number of nitrogens with two attached hydrogens (primary N) is 1. The average Bonchev–Trinajstić information content (AvgIpc) is 2.86. The van der Waals surface area contributed by atoms with Gasteiger partial charge in [-0.3, -0.25) is 4.99 Å². The summed E-state index contributed by atoms with van der Waals surface area (Å²) < 4.78 is 0. The van der Waals surface area contributed by atoms with Gasteiger partial charge in [0.25, 0.3) is 0 Å². The lowest BCUT2D eigenvalue weighted by Gasteiger charge is -2.29. The van der Waals surface area contributed by atoms with E-state index in [1.54, 1.807) is 0 Å². The van der Waals surface area contributed by atoms with Gasteiger partial charge in [-0.25, -0.2) is 0 Å². The molecule has 1 aliphatic rings. The Morgan fingerprint density at radius 2 is 2.27 bits per heavy atom. The Morgan fingerprint density at radius 3 is 2.67 bits per heavy atom. The molecule has 0 fully saturated rings. The van der Waals surface area contributed by atoms with Crippen LogP contribution in [0, 0.1) is 5.92 Å². The minimum Gasteiger partial charge on any atom is -0.325 e. The van der Waals surface area contributed by atoms with E-state index in [0.29, 0.717) is 12.0 Å². The Labute approximate surface area is 93.7 Å². The smallest absolute Gasteiger partial charge is 0.0860 e. The zero-order valence-electron chi connectivity index (χ0n) is 10.3. The lowest BCUT2D eigenvalue weighted by Crippen LogP contribution is -2.40. The van der Waals surface area contributed by atoms with E-state index in [1.165, 1.54) is 18.4 Å². The van der Waals surface area contributed by atoms with Crippen LogP contribution in [0.2, 0.25) is 0 Å². The van der Waals surface area contributed by atoms with Crippen LogP contribution in [0.15, 0.2) is 17.1 Å². The number of aliphatic imine (C=N–C) groups is 1. The maximum absolute atomic E-state index is 6.31. The number of hydrogen-bond donors (Lipinski definition) is 1. The molecule has 2 N–H and O–H groups in total. The van der Waals surface area contributed by atoms with Crippen molar-refractivity contribution in [1.29, 1.82) is 0 Å². The van der Waals surface area contributed by atoms with Gasteiger partial charge in [0.15, 0.2) is 0 Å². The highest BCUT2D eigenvalue weighted by Gasteiger charge is 2.29. The number of rotatable bonds is 7. The molecule has 2 heteroatoms. The third kappa shape index (κ3) is 4.61. The average molecular weight is 208 g/mol. The molecule has 0 aromatic carbocycles. The van der Waals surface area contributed by atoms with Gasteiger partial charge in [0.05, 0.1) is 6.04 Å². The fourth-order valence-corrected chi connectivity index (χ4v) is 2.16. The van der Waals surface area contributed by atoms with Gasteiger partial charge in [-0.1, -0.05) is 25.5 Å². The first-order valence-electron chi connectivity index (χ1n) is 5.92. The lowest BCUT2D eigenvalue weighted by molar-refractivity contribution is 0.334. The summed E-state index contributed by atoms with van der Waals surface area (Å²) in [5.41, 5.74) is 7.48. The predicted octanol–water partition coefficient (Wildman–Crippen LogP) is 2.93. The van der Waals surface area contributed by atoms with Crippen LogP contribution in [-0.4, -0.2) is 17.8 Å². The van der Waals surface area contributed by atoms with Crippen LogP contribution in [0.3, 0.4) is 0 Å². The summed E-state index contributed by atoms with van der Waals surface area (Å²) in [5.74, 6) is 0.573. The van der Waals surface area contributed by atoms with E-state index >= 15 is 0 Å². The van der Waals surface area contributed by atoms with Gasteiger partial charge in [0, 0.05) is 11.8 Å². The highest BCUT2D eigenvalue weighted by Crippen LogP contribution is 2.29. The number of nitrogens with zero attached hydrogens (tertiary/aromatic N) is 1. The van der Waals surface area contributed by atoms with Crippen LogP contribution in [0.1, 0.15) is 46.5 Å². The normalized spacial score (nSPS) is 24.7. The molecule has 0 radical (unpaired) electrons. The summed E-state index contributed by atoms with van der Waals surface area (Å²) in [7, 11) is 0. The first kappa shape index (κ1) is 12.4. The molecule has 0 saturated carbocycles. The van der Waals surface area contributed by atoms with E-state index in [0.717, 1.165) is 12.8 Å². The van der Waals surface area contributed by atoms with Crippen LogP contribution in [-0.2, 0) is 0 Å². The van der Waals surface area contributed by atoms with Crippen molar-refractivity contribution >= 4 is 6.21 Å². The Balaban J connectivity index is 2.43. The van der Waals surface area contributed by atoms with Gasteiger partial charge in [0.1, 0.15) is 0 Å². The lowest BCUT2D eigenvalue weighted by atomic mass is 9.81. The van der Waals surface area contributed by atoms with Gasteiger partial charge < -0.3 is 5.73 Å². The summed E-state index contributed by atoms with van der Waals surface area (Å²) in [4.78, 5) is 4.16. The molecule has 15 heavy (non-hydrogen) atoms. The van der Waals surface area contributed by atoms with Crippen LogP contribution in [0.25, 0.3) is 0 Å². The van der Waals surface area contributed by atoms with Crippen molar-refractivity contribution in [3.05, 3.63) is 12.2 Å². The molecule has 0 aromatic rings. The first-order chi connectivity index (χ1) is 6.94. The number of allylic oxidation sites excluding steroid dienone is 1. The highest BCUT2D eigenvalue weighted by molar-refractivity contribution is 5.77. The first-order valence-corrected chi connectivity index (χ1v) is 5.92. The molecule has 0 aromatic heterocycles. The Kier molecular flexibility index (Phi) is 4.09. The number of hydrogen-bond acceptors (Lipinski definition) is 2. The second kappa shape index (κ2) is 4.93. The van der Waals surface area contributed by atoms with Crippen LogP contribution < -0.4 is 5.73 Å². The monoisotopic (exact) mass is 208 g/mol. The quantitative estimate of drug-likeness (QED) is 0.642. The van der Waals surface area contributed by atoms with Gasteiger partial charge >= 0.3 is 0 Å². The third-order valence-corrected chi connectivity index (χ3v) is 3.08. The molecule has 2 unspecified atom stereocenters. The third-order valence-electron chi connectivity index (χ3n) is 3.08. The molecule has 1 rings (SSSR count). The Morgan fingerprint density at radius 1 is 1.67 bits per heavy atom. The van der Waals surface area contributed by atoms with Crippen LogP contribution >= 0.6 is 0 Å². The van der Waals surface area contributed by atoms with Crippen molar-refractivity contribution in [2.75, 3.05) is 0 Å². The zero-order chi connectivity index (χ0) is 11.5. The zero-order valence-corrected chi connectivity index (χ0v) is 10.3. The fraction of sp³-hybridized carbons (Fsp3) is 0.769. The molecule has 0 bridgehead atoms. The van der Waals surface area contributed by atoms with Gasteiger partial charge in [-0.05, 0) is 39.0 Å². The Bertz CT molecular complexity index is 247. The molecule has 0 spiro atoms. The SMILES string of the molecule is C=C(C)[C@H](CCC)CC(C)(N)CC1C=N1. The molecular weight excluding hydrogens is 184 g/mol. The van der Waals surface area contributed by atoms with E-state index < -0.39 is 0 Å². The molecule has 86 valence electrons. The van der Waals surface area contributed by atoms with Crippen molar-refractivity contribution in [1.82, 2.24) is 0 Å². The summed E-state index contributed by atoms with van der Waals surface area (Å²) in [6.07, 6.45) is 6.42. The maximum Gasteiger partial charge on any atom is 0.0860 e. The summed E-state index contributed by atoms with van der Waals surface area (Å²) in [6, 6.07) is 0.424. The molecule has 1 aliphatic heterocycles. The van der Waals surface area contributed by atoms with Gasteiger partial charge in [0.2, 0.25) is 0 Å². The minimum absolute atomic E-state index is 0.0973. The van der Waals surface area contributed by atoms with Gasteiger partial charge in [-0.2, -0.15) is 0 Å². The van der Waals surface area contributed by atoms with E-state index in [-0.39, 0.29) is 5.54 Å². The van der Waals surface area contributed by atoms with Crippen molar-refractivity contribution < 1.29 is 0 Å². The summed E-state index contributed by atoms with van der Waals surface area (Å²) >= 11 is 0. The highest BCUT2D eigenvalue weighted by atomic mass is 14.9. The molecular formula is C13H24N2. The van der Waals surface area contributed by atoms with Crippen LogP contribution in [0.4, 0.5) is 0 Å². The molecule has 3 atom stereocenters. The van der Waals surface area contributed by atoms with E-state index in [4.69, 9.17) is 5.73 Å². The van der Waals surface area contributed by atoms with Crippen molar-refractivity contribution in [3.63, 3.8) is 0 Å². The van der Waals surface area contributed by atoms with Crippen molar-refractivity contribution in [2.24, 2.45) is 16.6 Å². The summed E-state index contributed by atoms with van der Waals surface area (Å²) in [5, 5.41) is 0. The Hall–Kier alpha value is -0.630. The minimum atomic E-state index is -0.0973. The maximum atomic E-state index is 6.31. The fourth-order valence-electron chi connectivity index (χ4n) is 2.16. The molecule has 0 aliphatic carbocycles. The molecule has 0 amide bonds. The summed E-state index contributed by atoms with van der Waals surface area (Å²) in [6.45, 7) is 10.5. The van der Waals surface area contributed by atoms with Crippen LogP contribution in [0.5, 0.6) is 0 Å². The molecule has 0 saturated heterocycles. The van der Waals surface area contributed by atoms with E-state index in [9.17, 15) is 0 Å². The predicted molar refractivity (Wildman–Crippen MR) is 67.3 cm³/mol. The standard InChI is InChI=1S/C13H24N2/c1-5-6-11(10(2)3)7-13(4,14)8-12-9-15-12/h9,11-12H,2,5-8,14H2,1,3-4H3/t11-,12?,13?/m1/s1. The molecule has 2 nitrogen and oxygen atoms in total. The van der Waals surface area contributed by atoms with E-state index in [1.807, 2.05) is 6.21 Å².